The van der Waals surface area contributed by atoms with Crippen molar-refractivity contribution in [3.05, 3.63) is 28.8 Å². The summed E-state index contributed by atoms with van der Waals surface area (Å²) in [7, 11) is -3.76. The highest BCUT2D eigenvalue weighted by molar-refractivity contribution is 7.89. The van der Waals surface area contributed by atoms with Gasteiger partial charge in [-0.15, -0.1) is 0 Å². The Hall–Kier alpha value is -2.17. The van der Waals surface area contributed by atoms with Crippen LogP contribution in [0.4, 0.5) is 4.79 Å². The number of carbonyl (C=O) groups is 3. The topological polar surface area (TPSA) is 122 Å². The second-order valence-corrected chi connectivity index (χ2v) is 10.4. The number of ether oxygens (including phenoxy) is 1. The molecule has 0 spiro atoms. The number of sulfonamides is 1. The molecule has 0 unspecified atom stereocenters. The van der Waals surface area contributed by atoms with E-state index in [9.17, 15) is 22.8 Å². The highest BCUT2D eigenvalue weighted by atomic mass is 35.5. The zero-order chi connectivity index (χ0) is 23.1. The molecule has 1 aliphatic heterocycles. The van der Waals surface area contributed by atoms with Crippen LogP contribution >= 0.6 is 11.6 Å². The van der Waals surface area contributed by atoms with Gasteiger partial charge in [0.2, 0.25) is 10.0 Å². The van der Waals surface area contributed by atoms with E-state index in [2.05, 4.69) is 10.6 Å². The summed E-state index contributed by atoms with van der Waals surface area (Å²) in [6.07, 6.45) is 7.48. The predicted molar refractivity (Wildman–Crippen MR) is 118 cm³/mol. The molecule has 2 aliphatic rings. The first-order valence-corrected chi connectivity index (χ1v) is 12.7. The molecular weight excluding hydrogens is 458 g/mol. The minimum absolute atomic E-state index is 0.00282. The Morgan fingerprint density at radius 1 is 1.03 bits per heavy atom. The Bertz CT molecular complexity index is 956. The third kappa shape index (κ3) is 6.43. The van der Waals surface area contributed by atoms with Gasteiger partial charge in [-0.05, 0) is 43.9 Å². The van der Waals surface area contributed by atoms with Crippen LogP contribution in [0.1, 0.15) is 61.7 Å². The molecule has 1 aromatic carbocycles. The van der Waals surface area contributed by atoms with Crippen molar-refractivity contribution in [3.8, 4) is 0 Å². The standard InChI is InChI=1S/C21H28ClN3O6S/c22-18-10-9-16(32(29,30)25-11-5-2-6-12-25)13-17(18)20(27)31-14-19(26)24-21(28)23-15-7-3-1-4-8-15/h9-10,13,15H,1-8,11-12,14H2,(H2,23,24,26,28). The van der Waals surface area contributed by atoms with Crippen LogP contribution in [0.2, 0.25) is 5.02 Å². The number of halogens is 1. The highest BCUT2D eigenvalue weighted by Crippen LogP contribution is 2.25. The van der Waals surface area contributed by atoms with Crippen LogP contribution in [0.3, 0.4) is 0 Å². The van der Waals surface area contributed by atoms with Crippen LogP contribution < -0.4 is 10.6 Å². The minimum atomic E-state index is -3.76. The van der Waals surface area contributed by atoms with E-state index in [0.29, 0.717) is 13.1 Å². The van der Waals surface area contributed by atoms with Crippen LogP contribution in [0.25, 0.3) is 0 Å². The molecule has 11 heteroatoms. The molecule has 1 aliphatic carbocycles. The minimum Gasteiger partial charge on any atom is -0.452 e. The fourth-order valence-corrected chi connectivity index (χ4v) is 5.65. The SMILES string of the molecule is O=C(COC(=O)c1cc(S(=O)(=O)N2CCCCC2)ccc1Cl)NC(=O)NC1CCCCC1. The van der Waals surface area contributed by atoms with E-state index >= 15 is 0 Å². The number of esters is 1. The Kier molecular flexibility index (Phi) is 8.50. The second-order valence-electron chi connectivity index (χ2n) is 8.04. The average Bonchev–Trinajstić information content (AvgIpc) is 2.78. The fraction of sp³-hybridized carbons (Fsp3) is 0.571. The van der Waals surface area contributed by atoms with Gasteiger partial charge in [0, 0.05) is 19.1 Å². The molecule has 1 heterocycles. The molecule has 1 aromatic rings. The van der Waals surface area contributed by atoms with E-state index in [-0.39, 0.29) is 21.5 Å². The van der Waals surface area contributed by atoms with Crippen molar-refractivity contribution in [1.82, 2.24) is 14.9 Å². The normalized spacial score (nSPS) is 18.0. The summed E-state index contributed by atoms with van der Waals surface area (Å²) in [5, 5.41) is 4.86. The zero-order valence-electron chi connectivity index (χ0n) is 17.8. The molecule has 0 radical (unpaired) electrons. The number of carbonyl (C=O) groups excluding carboxylic acids is 3. The Balaban J connectivity index is 1.56. The summed E-state index contributed by atoms with van der Waals surface area (Å²) >= 11 is 6.06. The molecule has 0 aromatic heterocycles. The number of hydrogen-bond acceptors (Lipinski definition) is 6. The lowest BCUT2D eigenvalue weighted by Crippen LogP contribution is -2.46. The maximum Gasteiger partial charge on any atom is 0.340 e. The van der Waals surface area contributed by atoms with Gasteiger partial charge in [0.25, 0.3) is 5.91 Å². The van der Waals surface area contributed by atoms with Gasteiger partial charge in [0.15, 0.2) is 6.61 Å². The number of imide groups is 1. The molecule has 1 saturated carbocycles. The largest absolute Gasteiger partial charge is 0.452 e. The van der Waals surface area contributed by atoms with Crippen LogP contribution in [0.15, 0.2) is 23.1 Å². The summed E-state index contributed by atoms with van der Waals surface area (Å²) < 4.78 is 32.0. The predicted octanol–water partition coefficient (Wildman–Crippen LogP) is 2.83. The van der Waals surface area contributed by atoms with Gasteiger partial charge in [0.05, 0.1) is 15.5 Å². The van der Waals surface area contributed by atoms with E-state index in [1.807, 2.05) is 0 Å². The van der Waals surface area contributed by atoms with Crippen LogP contribution in [0.5, 0.6) is 0 Å². The summed E-state index contributed by atoms with van der Waals surface area (Å²) in [6.45, 7) is 0.151. The van der Waals surface area contributed by atoms with Crippen molar-refractivity contribution in [1.29, 1.82) is 0 Å². The van der Waals surface area contributed by atoms with Crippen LogP contribution in [-0.2, 0) is 19.6 Å². The molecule has 9 nitrogen and oxygen atoms in total. The zero-order valence-corrected chi connectivity index (χ0v) is 19.3. The summed E-state index contributed by atoms with van der Waals surface area (Å²) in [6, 6.07) is 3.20. The molecule has 0 atom stereocenters. The number of amides is 3. The summed E-state index contributed by atoms with van der Waals surface area (Å²) in [5.74, 6) is -1.74. The Labute approximate surface area is 192 Å². The summed E-state index contributed by atoms with van der Waals surface area (Å²) in [4.78, 5) is 36.3. The van der Waals surface area contributed by atoms with Gasteiger partial charge < -0.3 is 10.1 Å². The lowest BCUT2D eigenvalue weighted by Gasteiger charge is -2.26. The lowest BCUT2D eigenvalue weighted by atomic mass is 9.96. The number of hydrogen-bond donors (Lipinski definition) is 2. The third-order valence-corrected chi connectivity index (χ3v) is 7.86. The number of urea groups is 1. The van der Waals surface area contributed by atoms with Crippen molar-refractivity contribution >= 4 is 39.5 Å². The Morgan fingerprint density at radius 2 is 1.69 bits per heavy atom. The molecule has 0 bridgehead atoms. The van der Waals surface area contributed by atoms with Gasteiger partial charge in [-0.3, -0.25) is 10.1 Å². The maximum absolute atomic E-state index is 12.8. The second kappa shape index (κ2) is 11.1. The number of piperidine rings is 1. The lowest BCUT2D eigenvalue weighted by molar-refractivity contribution is -0.123. The molecule has 2 fully saturated rings. The quantitative estimate of drug-likeness (QED) is 0.597. The molecule has 3 rings (SSSR count). The first kappa shape index (κ1) is 24.5. The molecule has 1 saturated heterocycles. The molecular formula is C21H28ClN3O6S. The molecule has 176 valence electrons. The van der Waals surface area contributed by atoms with Crippen molar-refractivity contribution in [2.75, 3.05) is 19.7 Å². The third-order valence-electron chi connectivity index (χ3n) is 5.64. The van der Waals surface area contributed by atoms with Crippen molar-refractivity contribution in [3.63, 3.8) is 0 Å². The van der Waals surface area contributed by atoms with Crippen molar-refractivity contribution in [2.24, 2.45) is 0 Å². The van der Waals surface area contributed by atoms with Crippen LogP contribution in [0, 0.1) is 0 Å². The van der Waals surface area contributed by atoms with E-state index in [1.54, 1.807) is 0 Å². The Morgan fingerprint density at radius 3 is 2.38 bits per heavy atom. The van der Waals surface area contributed by atoms with Crippen molar-refractivity contribution in [2.45, 2.75) is 62.3 Å². The van der Waals surface area contributed by atoms with Crippen molar-refractivity contribution < 1.29 is 27.5 Å². The first-order chi connectivity index (χ1) is 15.3. The number of nitrogens with one attached hydrogen (secondary N) is 2. The number of nitrogens with zero attached hydrogens (tertiary/aromatic N) is 1. The smallest absolute Gasteiger partial charge is 0.340 e. The van der Waals surface area contributed by atoms with Gasteiger partial charge >= 0.3 is 12.0 Å². The molecule has 2 N–H and O–H groups in total. The fourth-order valence-electron chi connectivity index (χ4n) is 3.92. The molecule has 3 amide bonds. The van der Waals surface area contributed by atoms with Gasteiger partial charge in [-0.1, -0.05) is 37.3 Å². The number of rotatable bonds is 6. The van der Waals surface area contributed by atoms with E-state index < -0.39 is 34.5 Å². The molecule has 32 heavy (non-hydrogen) atoms. The van der Waals surface area contributed by atoms with Crippen LogP contribution in [-0.4, -0.2) is 56.4 Å². The number of benzene rings is 1. The monoisotopic (exact) mass is 485 g/mol. The van der Waals surface area contributed by atoms with Gasteiger partial charge in [-0.25, -0.2) is 18.0 Å². The van der Waals surface area contributed by atoms with Gasteiger partial charge in [0.1, 0.15) is 0 Å². The van der Waals surface area contributed by atoms with E-state index in [1.165, 1.54) is 16.4 Å². The maximum atomic E-state index is 12.8. The highest BCUT2D eigenvalue weighted by Gasteiger charge is 2.28. The summed E-state index contributed by atoms with van der Waals surface area (Å²) in [5.41, 5.74) is -0.163. The van der Waals surface area contributed by atoms with Gasteiger partial charge in [-0.2, -0.15) is 4.31 Å². The van der Waals surface area contributed by atoms with E-state index in [4.69, 9.17) is 16.3 Å². The first-order valence-electron chi connectivity index (χ1n) is 10.8. The van der Waals surface area contributed by atoms with E-state index in [0.717, 1.165) is 57.4 Å². The average molecular weight is 486 g/mol.